The van der Waals surface area contributed by atoms with E-state index < -0.39 is 0 Å². The van der Waals surface area contributed by atoms with E-state index >= 15 is 0 Å². The average Bonchev–Trinajstić information content (AvgIpc) is 3.37. The van der Waals surface area contributed by atoms with E-state index in [9.17, 15) is 0 Å². The van der Waals surface area contributed by atoms with Crippen LogP contribution in [-0.4, -0.2) is 26.8 Å². The second-order valence-corrected chi connectivity index (χ2v) is 7.04. The molecular formula is C22H20N4O2. The lowest BCUT2D eigenvalue weighted by molar-refractivity contribution is 0.393. The highest BCUT2D eigenvalue weighted by Crippen LogP contribution is 2.37. The summed E-state index contributed by atoms with van der Waals surface area (Å²) in [5.74, 6) is 1.65. The van der Waals surface area contributed by atoms with Gasteiger partial charge in [-0.15, -0.1) is 0 Å². The third-order valence-corrected chi connectivity index (χ3v) is 5.32. The molecule has 0 aliphatic rings. The van der Waals surface area contributed by atoms with Gasteiger partial charge in [0, 0.05) is 52.6 Å². The Balaban J connectivity index is 1.76. The van der Waals surface area contributed by atoms with Crippen molar-refractivity contribution in [3.63, 3.8) is 0 Å². The summed E-state index contributed by atoms with van der Waals surface area (Å²) in [7, 11) is 3.74. The lowest BCUT2D eigenvalue weighted by Gasteiger charge is -2.01. The average molecular weight is 372 g/mol. The van der Waals surface area contributed by atoms with Gasteiger partial charge in [0.1, 0.15) is 17.2 Å². The Kier molecular flexibility index (Phi) is 3.55. The SMILES string of the molecule is COc1ccc2c(c1)c(-c1cc3c(-c4c(C)noc4C)ccnc3[nH]1)cn2C. The summed E-state index contributed by atoms with van der Waals surface area (Å²) in [5, 5.41) is 6.28. The lowest BCUT2D eigenvalue weighted by atomic mass is 10.0. The Hall–Kier alpha value is -3.54. The summed E-state index contributed by atoms with van der Waals surface area (Å²) >= 11 is 0. The predicted molar refractivity (Wildman–Crippen MR) is 110 cm³/mol. The van der Waals surface area contributed by atoms with Crippen LogP contribution < -0.4 is 4.74 Å². The van der Waals surface area contributed by atoms with Crippen LogP contribution in [0.25, 0.3) is 44.3 Å². The van der Waals surface area contributed by atoms with Crippen molar-refractivity contribution in [1.82, 2.24) is 19.7 Å². The van der Waals surface area contributed by atoms with Gasteiger partial charge >= 0.3 is 0 Å². The van der Waals surface area contributed by atoms with E-state index in [2.05, 4.69) is 51.1 Å². The van der Waals surface area contributed by atoms with Crippen LogP contribution in [0.15, 0.2) is 47.2 Å². The Morgan fingerprint density at radius 3 is 2.68 bits per heavy atom. The van der Waals surface area contributed by atoms with Gasteiger partial charge in [-0.25, -0.2) is 4.98 Å². The number of hydrogen-bond acceptors (Lipinski definition) is 4. The molecule has 0 atom stereocenters. The Labute approximate surface area is 161 Å². The monoisotopic (exact) mass is 372 g/mol. The molecule has 1 N–H and O–H groups in total. The molecule has 140 valence electrons. The zero-order chi connectivity index (χ0) is 19.4. The van der Waals surface area contributed by atoms with Crippen LogP contribution in [-0.2, 0) is 7.05 Å². The predicted octanol–water partition coefficient (Wildman–Crippen LogP) is 5.00. The van der Waals surface area contributed by atoms with Crippen LogP contribution in [0.1, 0.15) is 11.5 Å². The first-order chi connectivity index (χ1) is 13.6. The molecule has 0 aliphatic carbocycles. The van der Waals surface area contributed by atoms with Crippen molar-refractivity contribution in [3.05, 3.63) is 54.2 Å². The Morgan fingerprint density at radius 2 is 1.93 bits per heavy atom. The maximum absolute atomic E-state index is 5.43. The Bertz CT molecular complexity index is 1320. The minimum absolute atomic E-state index is 0.808. The van der Waals surface area contributed by atoms with Gasteiger partial charge in [-0.3, -0.25) is 0 Å². The summed E-state index contributed by atoms with van der Waals surface area (Å²) in [6.45, 7) is 3.90. The van der Waals surface area contributed by atoms with Crippen LogP contribution in [0.3, 0.4) is 0 Å². The zero-order valence-corrected chi connectivity index (χ0v) is 16.2. The molecule has 0 saturated carbocycles. The maximum atomic E-state index is 5.43. The second kappa shape index (κ2) is 5.99. The van der Waals surface area contributed by atoms with Gasteiger partial charge in [-0.1, -0.05) is 5.16 Å². The number of pyridine rings is 1. The highest BCUT2D eigenvalue weighted by Gasteiger charge is 2.18. The second-order valence-electron chi connectivity index (χ2n) is 7.04. The molecule has 0 radical (unpaired) electrons. The number of H-pyrrole nitrogens is 1. The molecule has 5 rings (SSSR count). The van der Waals surface area contributed by atoms with Crippen molar-refractivity contribution in [2.45, 2.75) is 13.8 Å². The number of nitrogens with zero attached hydrogens (tertiary/aromatic N) is 3. The highest BCUT2D eigenvalue weighted by molar-refractivity contribution is 6.02. The molecule has 0 bridgehead atoms. The normalized spacial score (nSPS) is 11.6. The standard InChI is InChI=1S/C22H20N4O2/c1-12-21(13(2)28-25-12)15-7-8-23-22-17(15)10-19(24-22)18-11-26(3)20-6-5-14(27-4)9-16(18)20/h5-11H,1-4H3,(H,23,24). The van der Waals surface area contributed by atoms with Gasteiger partial charge in [-0.2, -0.15) is 0 Å². The van der Waals surface area contributed by atoms with E-state index in [1.807, 2.05) is 32.2 Å². The fourth-order valence-electron chi connectivity index (χ4n) is 3.97. The van der Waals surface area contributed by atoms with Crippen LogP contribution >= 0.6 is 0 Å². The highest BCUT2D eigenvalue weighted by atomic mass is 16.5. The van der Waals surface area contributed by atoms with Crippen molar-refractivity contribution in [2.75, 3.05) is 7.11 Å². The number of aromatic amines is 1. The Morgan fingerprint density at radius 1 is 1.07 bits per heavy atom. The molecule has 0 spiro atoms. The number of nitrogens with one attached hydrogen (secondary N) is 1. The van der Waals surface area contributed by atoms with Crippen molar-refractivity contribution in [1.29, 1.82) is 0 Å². The first-order valence-corrected chi connectivity index (χ1v) is 9.11. The lowest BCUT2D eigenvalue weighted by Crippen LogP contribution is -1.85. The number of aromatic nitrogens is 4. The topological polar surface area (TPSA) is 68.9 Å². The van der Waals surface area contributed by atoms with Crippen LogP contribution in [0, 0.1) is 13.8 Å². The van der Waals surface area contributed by atoms with Gasteiger partial charge in [-0.05, 0) is 49.7 Å². The molecule has 0 aliphatic heterocycles. The summed E-state index contributed by atoms with van der Waals surface area (Å²) in [6.07, 6.45) is 3.94. The summed E-state index contributed by atoms with van der Waals surface area (Å²) in [4.78, 5) is 8.02. The number of fused-ring (bicyclic) bond motifs is 2. The van der Waals surface area contributed by atoms with Gasteiger partial charge in [0.15, 0.2) is 0 Å². The number of hydrogen-bond donors (Lipinski definition) is 1. The van der Waals surface area contributed by atoms with Crippen LogP contribution in [0.2, 0.25) is 0 Å². The van der Waals surface area contributed by atoms with Crippen LogP contribution in [0.5, 0.6) is 5.75 Å². The quantitative estimate of drug-likeness (QED) is 0.484. The van der Waals surface area contributed by atoms with E-state index in [1.54, 1.807) is 7.11 Å². The number of aryl methyl sites for hydroxylation is 3. The third-order valence-electron chi connectivity index (χ3n) is 5.32. The molecule has 28 heavy (non-hydrogen) atoms. The molecule has 5 aromatic rings. The number of rotatable bonds is 3. The molecule has 6 heteroatoms. The molecule has 1 aromatic carbocycles. The number of benzene rings is 1. The molecular weight excluding hydrogens is 352 g/mol. The van der Waals surface area contributed by atoms with Crippen molar-refractivity contribution in [3.8, 4) is 28.1 Å². The summed E-state index contributed by atoms with van der Waals surface area (Å²) < 4.78 is 12.9. The fourth-order valence-corrected chi connectivity index (χ4v) is 3.97. The molecule has 0 amide bonds. The number of methoxy groups -OCH3 is 1. The van der Waals surface area contributed by atoms with Crippen molar-refractivity contribution >= 4 is 21.9 Å². The summed E-state index contributed by atoms with van der Waals surface area (Å²) in [5.41, 5.74) is 7.09. The van der Waals surface area contributed by atoms with Crippen molar-refractivity contribution in [2.24, 2.45) is 7.05 Å². The van der Waals surface area contributed by atoms with Gasteiger partial charge < -0.3 is 18.8 Å². The number of ether oxygens (including phenoxy) is 1. The molecule has 4 heterocycles. The van der Waals surface area contributed by atoms with E-state index in [1.165, 1.54) is 0 Å². The molecule has 0 unspecified atom stereocenters. The van der Waals surface area contributed by atoms with E-state index in [0.29, 0.717) is 0 Å². The molecule has 4 aromatic heterocycles. The minimum atomic E-state index is 0.808. The fraction of sp³-hybridized carbons (Fsp3) is 0.182. The van der Waals surface area contributed by atoms with E-state index in [0.717, 1.165) is 61.5 Å². The van der Waals surface area contributed by atoms with Crippen molar-refractivity contribution < 1.29 is 9.26 Å². The van der Waals surface area contributed by atoms with E-state index in [4.69, 9.17) is 9.26 Å². The molecule has 0 saturated heterocycles. The first kappa shape index (κ1) is 16.6. The van der Waals surface area contributed by atoms with Crippen LogP contribution in [0.4, 0.5) is 0 Å². The maximum Gasteiger partial charge on any atom is 0.141 e. The first-order valence-electron chi connectivity index (χ1n) is 9.11. The zero-order valence-electron chi connectivity index (χ0n) is 16.2. The third kappa shape index (κ3) is 2.34. The minimum Gasteiger partial charge on any atom is -0.497 e. The molecule has 0 fully saturated rings. The van der Waals surface area contributed by atoms with E-state index in [-0.39, 0.29) is 0 Å². The van der Waals surface area contributed by atoms with Gasteiger partial charge in [0.05, 0.1) is 12.8 Å². The molecule has 6 nitrogen and oxygen atoms in total. The van der Waals surface area contributed by atoms with Gasteiger partial charge in [0.2, 0.25) is 0 Å². The smallest absolute Gasteiger partial charge is 0.141 e. The largest absolute Gasteiger partial charge is 0.497 e. The summed E-state index contributed by atoms with van der Waals surface area (Å²) in [6, 6.07) is 10.3. The van der Waals surface area contributed by atoms with Gasteiger partial charge in [0.25, 0.3) is 0 Å².